The zero-order chi connectivity index (χ0) is 15.9. The van der Waals surface area contributed by atoms with Crippen LogP contribution in [0.15, 0.2) is 29.8 Å². The quantitative estimate of drug-likeness (QED) is 0.782. The molecule has 1 aromatic rings. The average Bonchev–Trinajstić information content (AvgIpc) is 2.93. The third kappa shape index (κ3) is 2.25. The molecule has 116 valence electrons. The molecule has 1 heterocycles. The van der Waals surface area contributed by atoms with E-state index in [9.17, 15) is 9.59 Å². The summed E-state index contributed by atoms with van der Waals surface area (Å²) in [5.74, 6) is -1.18. The zero-order valence-electron chi connectivity index (χ0n) is 12.2. The van der Waals surface area contributed by atoms with Gasteiger partial charge in [0, 0.05) is 28.0 Å². The Balaban J connectivity index is 2.09. The fraction of sp³-hybridized carbons (Fsp3) is 0.375. The Morgan fingerprint density at radius 1 is 1.27 bits per heavy atom. The van der Waals surface area contributed by atoms with Crippen LogP contribution in [0.3, 0.4) is 0 Å². The third-order valence-corrected chi connectivity index (χ3v) is 4.45. The lowest BCUT2D eigenvalue weighted by Gasteiger charge is -2.32. The van der Waals surface area contributed by atoms with Crippen LogP contribution in [0.5, 0.6) is 5.75 Å². The summed E-state index contributed by atoms with van der Waals surface area (Å²) in [4.78, 5) is 24.1. The molecule has 1 aliphatic heterocycles. The molecule has 0 saturated carbocycles. The highest BCUT2D eigenvalue weighted by Gasteiger charge is 2.48. The molecule has 0 saturated heterocycles. The maximum atomic E-state index is 12.1. The molecule has 0 spiro atoms. The van der Waals surface area contributed by atoms with Crippen LogP contribution in [-0.4, -0.2) is 32.8 Å². The molecule has 0 unspecified atom stereocenters. The Labute approximate surface area is 132 Å². The molecule has 0 aromatic heterocycles. The van der Waals surface area contributed by atoms with Crippen molar-refractivity contribution in [3.8, 4) is 5.75 Å². The lowest BCUT2D eigenvalue weighted by Crippen LogP contribution is -2.32. The van der Waals surface area contributed by atoms with Crippen molar-refractivity contribution in [2.24, 2.45) is 11.8 Å². The van der Waals surface area contributed by atoms with Gasteiger partial charge < -0.3 is 14.2 Å². The van der Waals surface area contributed by atoms with Crippen molar-refractivity contribution >= 4 is 23.5 Å². The van der Waals surface area contributed by atoms with Crippen LogP contribution in [0.25, 0.3) is 0 Å². The van der Waals surface area contributed by atoms with Crippen molar-refractivity contribution in [3.05, 3.63) is 40.4 Å². The summed E-state index contributed by atoms with van der Waals surface area (Å²) in [7, 11) is 2.65. The Kier molecular flexibility index (Phi) is 3.83. The van der Waals surface area contributed by atoms with Gasteiger partial charge >= 0.3 is 11.9 Å². The van der Waals surface area contributed by atoms with Gasteiger partial charge in [0.1, 0.15) is 5.75 Å². The molecular weight excluding hydrogens is 308 g/mol. The molecule has 6 heteroatoms. The smallest absolute Gasteiger partial charge is 0.334 e. The van der Waals surface area contributed by atoms with Crippen molar-refractivity contribution in [1.29, 1.82) is 0 Å². The van der Waals surface area contributed by atoms with E-state index in [2.05, 4.69) is 0 Å². The molecule has 0 amide bonds. The number of methoxy groups -OCH3 is 2. The van der Waals surface area contributed by atoms with E-state index in [1.54, 1.807) is 24.3 Å². The summed E-state index contributed by atoms with van der Waals surface area (Å²) in [6, 6.07) is 5.27. The molecule has 22 heavy (non-hydrogen) atoms. The number of fused-ring (bicyclic) bond motifs is 3. The fourth-order valence-electron chi connectivity index (χ4n) is 3.23. The first-order valence-electron chi connectivity index (χ1n) is 6.87. The van der Waals surface area contributed by atoms with Crippen LogP contribution in [-0.2, 0) is 19.1 Å². The molecule has 0 N–H and O–H groups in total. The number of halogens is 1. The monoisotopic (exact) mass is 322 g/mol. The summed E-state index contributed by atoms with van der Waals surface area (Å²) in [6.45, 7) is 0.329. The van der Waals surface area contributed by atoms with Crippen LogP contribution in [0, 0.1) is 11.8 Å². The first kappa shape index (κ1) is 14.9. The highest BCUT2D eigenvalue weighted by Crippen LogP contribution is 2.50. The highest BCUT2D eigenvalue weighted by atomic mass is 35.5. The highest BCUT2D eigenvalue weighted by molar-refractivity contribution is 6.30. The van der Waals surface area contributed by atoms with Crippen molar-refractivity contribution in [3.63, 3.8) is 0 Å². The topological polar surface area (TPSA) is 61.8 Å². The normalized spacial score (nSPS) is 25.4. The zero-order valence-corrected chi connectivity index (χ0v) is 12.9. The minimum absolute atomic E-state index is 0.201. The van der Waals surface area contributed by atoms with E-state index in [4.69, 9.17) is 25.8 Å². The molecule has 2 aliphatic rings. The second-order valence-corrected chi connectivity index (χ2v) is 5.73. The summed E-state index contributed by atoms with van der Waals surface area (Å²) in [5, 5.41) is 0.550. The Bertz CT molecular complexity index is 667. The number of rotatable bonds is 2. The van der Waals surface area contributed by atoms with Gasteiger partial charge in [-0.15, -0.1) is 0 Å². The van der Waals surface area contributed by atoms with E-state index in [1.165, 1.54) is 14.2 Å². The van der Waals surface area contributed by atoms with Crippen LogP contribution < -0.4 is 4.74 Å². The van der Waals surface area contributed by atoms with E-state index in [-0.39, 0.29) is 17.8 Å². The lowest BCUT2D eigenvalue weighted by atomic mass is 9.79. The van der Waals surface area contributed by atoms with Crippen LogP contribution in [0.1, 0.15) is 11.5 Å². The number of carbonyl (C=O) groups excluding carboxylic acids is 2. The fourth-order valence-corrected chi connectivity index (χ4v) is 3.41. The van der Waals surface area contributed by atoms with Gasteiger partial charge in [0.25, 0.3) is 0 Å². The van der Waals surface area contributed by atoms with Crippen LogP contribution in [0.4, 0.5) is 0 Å². The molecule has 1 aromatic carbocycles. The standard InChI is InChI=1S/C16H15ClO5/c1-20-15(18)9-6-11(16(19)21-2)14-10-5-8(17)3-4-13(10)22-7-12(9)14/h3-6,9,12,14H,7H2,1-2H3/t9-,12+,14-/m1/s1. The van der Waals surface area contributed by atoms with Crippen LogP contribution >= 0.6 is 11.6 Å². The molecule has 0 bridgehead atoms. The maximum Gasteiger partial charge on any atom is 0.334 e. The Hall–Kier alpha value is -2.01. The van der Waals surface area contributed by atoms with Gasteiger partial charge in [0.2, 0.25) is 0 Å². The van der Waals surface area contributed by atoms with Gasteiger partial charge in [-0.25, -0.2) is 4.79 Å². The summed E-state index contributed by atoms with van der Waals surface area (Å²) < 4.78 is 15.4. The van der Waals surface area contributed by atoms with Crippen molar-refractivity contribution in [2.75, 3.05) is 20.8 Å². The second-order valence-electron chi connectivity index (χ2n) is 5.30. The Morgan fingerprint density at radius 3 is 2.73 bits per heavy atom. The molecule has 3 atom stereocenters. The van der Waals surface area contributed by atoms with Gasteiger partial charge in [0.05, 0.1) is 26.7 Å². The van der Waals surface area contributed by atoms with E-state index in [1.807, 2.05) is 0 Å². The molecule has 1 aliphatic carbocycles. The van der Waals surface area contributed by atoms with Crippen molar-refractivity contribution in [2.45, 2.75) is 5.92 Å². The van der Waals surface area contributed by atoms with E-state index in [0.717, 1.165) is 5.56 Å². The van der Waals surface area contributed by atoms with Gasteiger partial charge in [-0.05, 0) is 18.2 Å². The predicted octanol–water partition coefficient (Wildman–Crippen LogP) is 2.33. The van der Waals surface area contributed by atoms with Gasteiger partial charge in [-0.2, -0.15) is 0 Å². The molecular formula is C16H15ClO5. The van der Waals surface area contributed by atoms with E-state index in [0.29, 0.717) is 23.0 Å². The summed E-state index contributed by atoms with van der Waals surface area (Å²) >= 11 is 6.07. The minimum atomic E-state index is -0.531. The van der Waals surface area contributed by atoms with Gasteiger partial charge in [-0.1, -0.05) is 17.7 Å². The summed E-state index contributed by atoms with van der Waals surface area (Å²) in [5.41, 5.74) is 1.25. The van der Waals surface area contributed by atoms with Crippen molar-refractivity contribution in [1.82, 2.24) is 0 Å². The number of hydrogen-bond donors (Lipinski definition) is 0. The second kappa shape index (κ2) is 5.65. The summed E-state index contributed by atoms with van der Waals surface area (Å²) in [6.07, 6.45) is 1.63. The molecule has 0 radical (unpaired) electrons. The Morgan fingerprint density at radius 2 is 2.05 bits per heavy atom. The predicted molar refractivity (Wildman–Crippen MR) is 78.8 cm³/mol. The number of ether oxygens (including phenoxy) is 3. The lowest BCUT2D eigenvalue weighted by molar-refractivity contribution is -0.145. The number of esters is 2. The van der Waals surface area contributed by atoms with Crippen molar-refractivity contribution < 1.29 is 23.8 Å². The molecule has 3 rings (SSSR count). The minimum Gasteiger partial charge on any atom is -0.493 e. The van der Waals surface area contributed by atoms with E-state index >= 15 is 0 Å². The average molecular weight is 323 g/mol. The van der Waals surface area contributed by atoms with E-state index < -0.39 is 11.9 Å². The maximum absolute atomic E-state index is 12.1. The molecule has 5 nitrogen and oxygen atoms in total. The number of carbonyl (C=O) groups is 2. The first-order chi connectivity index (χ1) is 10.6. The van der Waals surface area contributed by atoms with Gasteiger partial charge in [-0.3, -0.25) is 4.79 Å². The first-order valence-corrected chi connectivity index (χ1v) is 7.24. The number of benzene rings is 1. The number of hydrogen-bond acceptors (Lipinski definition) is 5. The van der Waals surface area contributed by atoms with Gasteiger partial charge in [0.15, 0.2) is 0 Å². The molecule has 0 fully saturated rings. The third-order valence-electron chi connectivity index (χ3n) is 4.22. The SMILES string of the molecule is COC(=O)C1=C[C@@H](C(=O)OC)[C@@H]2COc3ccc(Cl)cc3[C@H]12. The van der Waals surface area contributed by atoms with Crippen LogP contribution in [0.2, 0.25) is 5.02 Å². The largest absolute Gasteiger partial charge is 0.493 e.